The molecule has 0 saturated carbocycles. The lowest BCUT2D eigenvalue weighted by atomic mass is 10.1. The summed E-state index contributed by atoms with van der Waals surface area (Å²) in [7, 11) is -3.53. The predicted octanol–water partition coefficient (Wildman–Crippen LogP) is 3.63. The van der Waals surface area contributed by atoms with Crippen LogP contribution in [0.25, 0.3) is 0 Å². The third kappa shape index (κ3) is 4.41. The maximum Gasteiger partial charge on any atom is 0.205 e. The number of sulfone groups is 1. The molecule has 29 heavy (non-hydrogen) atoms. The van der Waals surface area contributed by atoms with Crippen LogP contribution >= 0.6 is 0 Å². The summed E-state index contributed by atoms with van der Waals surface area (Å²) in [5.74, 6) is 1.11. The molecule has 1 fully saturated rings. The number of fused-ring (bicyclic) bond motifs is 1. The summed E-state index contributed by atoms with van der Waals surface area (Å²) in [5.41, 5.74) is 0.816. The molecule has 1 aromatic heterocycles. The molecule has 4 rings (SSSR count). The molecule has 7 heteroatoms. The first-order valence-electron chi connectivity index (χ1n) is 10.4. The zero-order valence-corrected chi connectivity index (χ0v) is 17.6. The van der Waals surface area contributed by atoms with Crippen LogP contribution in [0.2, 0.25) is 0 Å². The zero-order valence-electron chi connectivity index (χ0n) is 16.8. The van der Waals surface area contributed by atoms with Gasteiger partial charge in [-0.05, 0) is 69.1 Å². The molecule has 2 atom stereocenters. The van der Waals surface area contributed by atoms with Gasteiger partial charge in [-0.15, -0.1) is 0 Å². The van der Waals surface area contributed by atoms with E-state index >= 15 is 0 Å². The lowest BCUT2D eigenvalue weighted by Gasteiger charge is -2.30. The van der Waals surface area contributed by atoms with Crippen molar-refractivity contribution in [2.45, 2.75) is 49.0 Å². The van der Waals surface area contributed by atoms with Crippen LogP contribution in [-0.2, 0) is 9.84 Å². The van der Waals surface area contributed by atoms with Crippen LogP contribution in [0.15, 0.2) is 47.6 Å². The van der Waals surface area contributed by atoms with Crippen molar-refractivity contribution in [3.05, 3.63) is 48.2 Å². The number of pyridine rings is 1. The summed E-state index contributed by atoms with van der Waals surface area (Å²) in [5, 5.41) is -0.682. The van der Waals surface area contributed by atoms with Crippen molar-refractivity contribution >= 4 is 9.84 Å². The van der Waals surface area contributed by atoms with Crippen LogP contribution in [0.4, 0.5) is 0 Å². The van der Waals surface area contributed by atoms with Crippen molar-refractivity contribution in [2.75, 3.05) is 26.2 Å². The highest BCUT2D eigenvalue weighted by atomic mass is 32.2. The summed E-state index contributed by atoms with van der Waals surface area (Å²) >= 11 is 0. The van der Waals surface area contributed by atoms with E-state index in [9.17, 15) is 8.42 Å². The van der Waals surface area contributed by atoms with Gasteiger partial charge in [0.15, 0.2) is 10.8 Å². The molecule has 0 bridgehead atoms. The average molecular weight is 417 g/mol. The van der Waals surface area contributed by atoms with Crippen molar-refractivity contribution in [3.63, 3.8) is 0 Å². The van der Waals surface area contributed by atoms with E-state index in [4.69, 9.17) is 9.47 Å². The van der Waals surface area contributed by atoms with Crippen LogP contribution in [0.1, 0.15) is 44.3 Å². The molecule has 0 spiro atoms. The Morgan fingerprint density at radius 1 is 1.14 bits per heavy atom. The molecule has 2 aliphatic rings. The number of hydrogen-bond acceptors (Lipinski definition) is 6. The van der Waals surface area contributed by atoms with Gasteiger partial charge >= 0.3 is 0 Å². The monoisotopic (exact) mass is 416 g/mol. The predicted molar refractivity (Wildman–Crippen MR) is 111 cm³/mol. The molecule has 156 valence electrons. The molecule has 1 saturated heterocycles. The fourth-order valence-corrected chi connectivity index (χ4v) is 5.50. The summed E-state index contributed by atoms with van der Waals surface area (Å²) in [4.78, 5) is 6.51. The second kappa shape index (κ2) is 8.71. The van der Waals surface area contributed by atoms with Gasteiger partial charge in [-0.2, -0.15) is 0 Å². The minimum absolute atomic E-state index is 0.0254. The van der Waals surface area contributed by atoms with Crippen LogP contribution in [0, 0.1) is 0 Å². The van der Waals surface area contributed by atoms with Gasteiger partial charge in [-0.3, -0.25) is 0 Å². The van der Waals surface area contributed by atoms with E-state index in [1.165, 1.54) is 38.5 Å². The van der Waals surface area contributed by atoms with E-state index in [0.717, 1.165) is 24.3 Å². The third-order valence-electron chi connectivity index (χ3n) is 5.72. The highest BCUT2D eigenvalue weighted by Crippen LogP contribution is 2.39. The van der Waals surface area contributed by atoms with Crippen molar-refractivity contribution in [3.8, 4) is 11.5 Å². The molecule has 0 amide bonds. The lowest BCUT2D eigenvalue weighted by Crippen LogP contribution is -2.34. The van der Waals surface area contributed by atoms with E-state index in [1.54, 1.807) is 19.1 Å². The van der Waals surface area contributed by atoms with E-state index in [2.05, 4.69) is 9.88 Å². The second-order valence-corrected chi connectivity index (χ2v) is 9.99. The van der Waals surface area contributed by atoms with E-state index in [-0.39, 0.29) is 5.03 Å². The van der Waals surface area contributed by atoms with Gasteiger partial charge in [-0.1, -0.05) is 18.6 Å². The van der Waals surface area contributed by atoms with Gasteiger partial charge in [0.25, 0.3) is 0 Å². The van der Waals surface area contributed by atoms with Crippen molar-refractivity contribution in [2.24, 2.45) is 0 Å². The average Bonchev–Trinajstić information content (AvgIpc) is 2.75. The number of hydrogen-bond donors (Lipinski definition) is 0. The summed E-state index contributed by atoms with van der Waals surface area (Å²) in [6.45, 7) is 5.84. The molecule has 6 nitrogen and oxygen atoms in total. The van der Waals surface area contributed by atoms with Crippen molar-refractivity contribution < 1.29 is 17.9 Å². The Kier molecular flexibility index (Phi) is 6.06. The minimum atomic E-state index is -3.53. The highest BCUT2D eigenvalue weighted by molar-refractivity contribution is 7.92. The summed E-state index contributed by atoms with van der Waals surface area (Å²) < 4.78 is 37.4. The molecular formula is C22H28N2O4S. The lowest BCUT2D eigenvalue weighted by molar-refractivity contribution is 0.186. The van der Waals surface area contributed by atoms with Crippen LogP contribution in [0.3, 0.4) is 0 Å². The standard InChI is InChI=1S/C22H28N2O4S/c1-17-21(28-20-7-5-12-23-22(20)29(17,25)26)18-8-10-19(11-9-18)27-16-6-15-24-13-3-2-4-14-24/h5,7-12,17,21H,2-4,6,13-16H2,1H3/t17-,21+/m0/s1. The second-order valence-electron chi connectivity index (χ2n) is 7.77. The molecular weight excluding hydrogens is 388 g/mol. The molecule has 2 aliphatic heterocycles. The van der Waals surface area contributed by atoms with Gasteiger partial charge < -0.3 is 14.4 Å². The van der Waals surface area contributed by atoms with Crippen molar-refractivity contribution in [1.29, 1.82) is 0 Å². The molecule has 0 unspecified atom stereocenters. The van der Waals surface area contributed by atoms with Gasteiger partial charge in [0.2, 0.25) is 9.84 Å². The third-order valence-corrected chi connectivity index (χ3v) is 7.79. The van der Waals surface area contributed by atoms with Gasteiger partial charge in [0.05, 0.1) is 6.61 Å². The Balaban J connectivity index is 1.36. The Bertz CT molecular complexity index is 924. The zero-order chi connectivity index (χ0) is 20.3. The topological polar surface area (TPSA) is 68.7 Å². The minimum Gasteiger partial charge on any atom is -0.494 e. The van der Waals surface area contributed by atoms with E-state index < -0.39 is 21.2 Å². The normalized spacial score (nSPS) is 23.8. The molecule has 0 aliphatic carbocycles. The Labute approximate surface area is 172 Å². The number of likely N-dealkylation sites (tertiary alicyclic amines) is 1. The molecule has 1 aromatic carbocycles. The van der Waals surface area contributed by atoms with Crippen LogP contribution in [0.5, 0.6) is 11.5 Å². The fraction of sp³-hybridized carbons (Fsp3) is 0.500. The largest absolute Gasteiger partial charge is 0.494 e. The Morgan fingerprint density at radius 3 is 2.66 bits per heavy atom. The van der Waals surface area contributed by atoms with Crippen molar-refractivity contribution in [1.82, 2.24) is 9.88 Å². The van der Waals surface area contributed by atoms with Crippen LogP contribution < -0.4 is 9.47 Å². The fourth-order valence-electron chi connectivity index (χ4n) is 4.00. The van der Waals surface area contributed by atoms with Gasteiger partial charge in [0, 0.05) is 12.7 Å². The maximum atomic E-state index is 12.8. The first kappa shape index (κ1) is 20.2. The molecule has 0 radical (unpaired) electrons. The first-order valence-corrected chi connectivity index (χ1v) is 11.9. The SMILES string of the molecule is C[C@H]1[C@H](c2ccc(OCCCN3CCCCC3)cc2)Oc2cccnc2S1(=O)=O. The molecule has 0 N–H and O–H groups in total. The Morgan fingerprint density at radius 2 is 1.90 bits per heavy atom. The number of benzene rings is 1. The van der Waals surface area contributed by atoms with E-state index in [1.807, 2.05) is 24.3 Å². The maximum absolute atomic E-state index is 12.8. The summed E-state index contributed by atoms with van der Waals surface area (Å²) in [6.07, 6.45) is 5.88. The highest BCUT2D eigenvalue weighted by Gasteiger charge is 2.41. The number of ether oxygens (including phenoxy) is 2. The quantitative estimate of drug-likeness (QED) is 0.670. The van der Waals surface area contributed by atoms with Gasteiger partial charge in [0.1, 0.15) is 17.1 Å². The first-order chi connectivity index (χ1) is 14.1. The van der Waals surface area contributed by atoms with Gasteiger partial charge in [-0.25, -0.2) is 13.4 Å². The molecule has 2 aromatic rings. The summed E-state index contributed by atoms with van der Waals surface area (Å²) in [6, 6.07) is 10.9. The molecule has 3 heterocycles. The smallest absolute Gasteiger partial charge is 0.205 e. The number of aromatic nitrogens is 1. The number of rotatable bonds is 6. The number of piperidine rings is 1. The van der Waals surface area contributed by atoms with Crippen LogP contribution in [-0.4, -0.2) is 49.8 Å². The number of nitrogens with zero attached hydrogens (tertiary/aromatic N) is 2. The Hall–Kier alpha value is -2.12. The van der Waals surface area contributed by atoms with E-state index in [0.29, 0.717) is 12.4 Å².